The second kappa shape index (κ2) is 4.77. The second-order valence-corrected chi connectivity index (χ2v) is 4.58. The Morgan fingerprint density at radius 1 is 0.810 bits per heavy atom. The molecule has 0 spiro atoms. The van der Waals surface area contributed by atoms with Crippen LogP contribution in [0.2, 0.25) is 0 Å². The number of pyridine rings is 1. The number of benzene rings is 2. The first-order valence-electron chi connectivity index (χ1n) is 6.26. The first-order valence-corrected chi connectivity index (χ1v) is 6.26. The van der Waals surface area contributed by atoms with Crippen LogP contribution in [0.3, 0.4) is 0 Å². The van der Waals surface area contributed by atoms with E-state index in [9.17, 15) is 18.0 Å². The van der Waals surface area contributed by atoms with Crippen LogP contribution in [0.15, 0.2) is 65.5 Å². The van der Waals surface area contributed by atoms with Gasteiger partial charge in [0.1, 0.15) is 0 Å². The Labute approximate surface area is 118 Å². The quantitative estimate of drug-likeness (QED) is 0.663. The van der Waals surface area contributed by atoms with Gasteiger partial charge >= 0.3 is 6.18 Å². The number of para-hydroxylation sites is 2. The van der Waals surface area contributed by atoms with Crippen molar-refractivity contribution in [1.82, 2.24) is 4.57 Å². The number of hydrogen-bond donors (Lipinski definition) is 0. The van der Waals surface area contributed by atoms with E-state index in [1.807, 2.05) is 0 Å². The Hall–Kier alpha value is -2.56. The molecule has 0 aliphatic carbocycles. The van der Waals surface area contributed by atoms with E-state index in [0.29, 0.717) is 10.9 Å². The van der Waals surface area contributed by atoms with Gasteiger partial charge in [0.2, 0.25) is 0 Å². The molecule has 1 heterocycles. The fraction of sp³-hybridized carbons (Fsp3) is 0.0625. The van der Waals surface area contributed by atoms with Gasteiger partial charge in [0.05, 0.1) is 16.8 Å². The van der Waals surface area contributed by atoms with Crippen LogP contribution < -0.4 is 5.56 Å². The maximum Gasteiger partial charge on any atom is 0.418 e. The van der Waals surface area contributed by atoms with Crippen LogP contribution in [0.1, 0.15) is 5.56 Å². The van der Waals surface area contributed by atoms with Gasteiger partial charge in [-0.1, -0.05) is 30.3 Å². The highest BCUT2D eigenvalue weighted by Crippen LogP contribution is 2.34. The van der Waals surface area contributed by atoms with Crippen LogP contribution in [-0.2, 0) is 6.18 Å². The summed E-state index contributed by atoms with van der Waals surface area (Å²) in [6.07, 6.45) is -4.52. The fourth-order valence-electron chi connectivity index (χ4n) is 2.34. The van der Waals surface area contributed by atoms with Crippen LogP contribution in [0.25, 0.3) is 16.6 Å². The number of alkyl halides is 3. The largest absolute Gasteiger partial charge is 0.418 e. The molecule has 0 aliphatic rings. The number of fused-ring (bicyclic) bond motifs is 1. The Morgan fingerprint density at radius 2 is 1.48 bits per heavy atom. The van der Waals surface area contributed by atoms with Crippen LogP contribution in [0, 0.1) is 0 Å². The summed E-state index contributed by atoms with van der Waals surface area (Å²) in [5.74, 6) is 0. The smallest absolute Gasteiger partial charge is 0.276 e. The Balaban J connectivity index is 2.42. The average Bonchev–Trinajstić information content (AvgIpc) is 2.46. The summed E-state index contributed by atoms with van der Waals surface area (Å²) in [7, 11) is 0. The normalized spacial score (nSPS) is 11.8. The first kappa shape index (κ1) is 13.4. The molecule has 21 heavy (non-hydrogen) atoms. The number of aromatic nitrogens is 1. The number of rotatable bonds is 1. The predicted molar refractivity (Wildman–Crippen MR) is 74.5 cm³/mol. The zero-order valence-electron chi connectivity index (χ0n) is 10.8. The molecule has 0 amide bonds. The zero-order valence-corrected chi connectivity index (χ0v) is 10.8. The van der Waals surface area contributed by atoms with Crippen LogP contribution in [0.5, 0.6) is 0 Å². The van der Waals surface area contributed by atoms with E-state index in [0.717, 1.165) is 10.6 Å². The van der Waals surface area contributed by atoms with Crippen molar-refractivity contribution in [2.75, 3.05) is 0 Å². The van der Waals surface area contributed by atoms with E-state index in [1.54, 1.807) is 30.3 Å². The molecule has 0 unspecified atom stereocenters. The summed E-state index contributed by atoms with van der Waals surface area (Å²) in [6.45, 7) is 0. The minimum absolute atomic E-state index is 0.160. The molecule has 106 valence electrons. The average molecular weight is 289 g/mol. The molecule has 2 aromatic carbocycles. The first-order chi connectivity index (χ1) is 9.98. The van der Waals surface area contributed by atoms with E-state index in [-0.39, 0.29) is 5.69 Å². The van der Waals surface area contributed by atoms with Gasteiger partial charge in [0, 0.05) is 6.07 Å². The van der Waals surface area contributed by atoms with Crippen LogP contribution in [0.4, 0.5) is 13.2 Å². The molecule has 3 rings (SSSR count). The van der Waals surface area contributed by atoms with Gasteiger partial charge < -0.3 is 0 Å². The maximum atomic E-state index is 13.2. The minimum atomic E-state index is -4.52. The van der Waals surface area contributed by atoms with E-state index in [2.05, 4.69) is 0 Å². The number of nitrogens with zero attached hydrogens (tertiary/aromatic N) is 1. The van der Waals surface area contributed by atoms with Crippen molar-refractivity contribution in [3.63, 3.8) is 0 Å². The van der Waals surface area contributed by atoms with Crippen molar-refractivity contribution < 1.29 is 13.2 Å². The highest BCUT2D eigenvalue weighted by molar-refractivity contribution is 5.80. The van der Waals surface area contributed by atoms with Gasteiger partial charge in [0.25, 0.3) is 5.56 Å². The Kier molecular flexibility index (Phi) is 3.05. The molecule has 0 radical (unpaired) electrons. The molecule has 3 aromatic rings. The molecular weight excluding hydrogens is 279 g/mol. The molecule has 0 saturated heterocycles. The fourth-order valence-corrected chi connectivity index (χ4v) is 2.34. The molecule has 0 bridgehead atoms. The lowest BCUT2D eigenvalue weighted by atomic mass is 10.1. The molecule has 2 nitrogen and oxygen atoms in total. The number of halogens is 3. The standard InChI is InChI=1S/C16H10F3NO/c17-16(18,19)12-6-2-4-8-14(12)20-13-7-3-1-5-11(13)9-10-15(20)21/h1-10H. The molecule has 0 N–H and O–H groups in total. The summed E-state index contributed by atoms with van der Waals surface area (Å²) >= 11 is 0. The molecule has 5 heteroatoms. The topological polar surface area (TPSA) is 22.0 Å². The lowest BCUT2D eigenvalue weighted by Gasteiger charge is -2.16. The van der Waals surface area contributed by atoms with Gasteiger partial charge in [0.15, 0.2) is 0 Å². The van der Waals surface area contributed by atoms with E-state index < -0.39 is 17.3 Å². The SMILES string of the molecule is O=c1ccc2ccccc2n1-c1ccccc1C(F)(F)F. The number of hydrogen-bond acceptors (Lipinski definition) is 1. The van der Waals surface area contributed by atoms with E-state index in [4.69, 9.17) is 0 Å². The van der Waals surface area contributed by atoms with E-state index >= 15 is 0 Å². The minimum Gasteiger partial charge on any atom is -0.276 e. The highest BCUT2D eigenvalue weighted by Gasteiger charge is 2.34. The Bertz CT molecular complexity index is 865. The van der Waals surface area contributed by atoms with Gasteiger partial charge in [-0.25, -0.2) is 0 Å². The lowest BCUT2D eigenvalue weighted by molar-refractivity contribution is -0.137. The Morgan fingerprint density at radius 3 is 2.24 bits per heavy atom. The molecular formula is C16H10F3NO. The van der Waals surface area contributed by atoms with Crippen LogP contribution >= 0.6 is 0 Å². The molecule has 0 fully saturated rings. The highest BCUT2D eigenvalue weighted by atomic mass is 19.4. The van der Waals surface area contributed by atoms with Gasteiger partial charge in [-0.3, -0.25) is 9.36 Å². The molecule has 0 atom stereocenters. The maximum absolute atomic E-state index is 13.2. The van der Waals surface area contributed by atoms with Crippen molar-refractivity contribution in [3.8, 4) is 5.69 Å². The van der Waals surface area contributed by atoms with Crippen molar-refractivity contribution in [1.29, 1.82) is 0 Å². The van der Waals surface area contributed by atoms with E-state index in [1.165, 1.54) is 24.3 Å². The van der Waals surface area contributed by atoms with Crippen molar-refractivity contribution in [3.05, 3.63) is 76.6 Å². The lowest BCUT2D eigenvalue weighted by Crippen LogP contribution is -2.21. The summed E-state index contributed by atoms with van der Waals surface area (Å²) in [6, 6.07) is 14.8. The zero-order chi connectivity index (χ0) is 15.0. The summed E-state index contributed by atoms with van der Waals surface area (Å²) in [5.41, 5.74) is -1.04. The summed E-state index contributed by atoms with van der Waals surface area (Å²) < 4.78 is 40.5. The van der Waals surface area contributed by atoms with Gasteiger partial charge in [-0.15, -0.1) is 0 Å². The van der Waals surface area contributed by atoms with Crippen molar-refractivity contribution in [2.24, 2.45) is 0 Å². The van der Waals surface area contributed by atoms with Crippen molar-refractivity contribution >= 4 is 10.9 Å². The van der Waals surface area contributed by atoms with Gasteiger partial charge in [-0.05, 0) is 29.7 Å². The second-order valence-electron chi connectivity index (χ2n) is 4.58. The van der Waals surface area contributed by atoms with Crippen molar-refractivity contribution in [2.45, 2.75) is 6.18 Å². The summed E-state index contributed by atoms with van der Waals surface area (Å²) in [4.78, 5) is 12.1. The monoisotopic (exact) mass is 289 g/mol. The van der Waals surface area contributed by atoms with Crippen LogP contribution in [-0.4, -0.2) is 4.57 Å². The molecule has 0 aliphatic heterocycles. The third-order valence-electron chi connectivity index (χ3n) is 3.25. The molecule has 0 saturated carbocycles. The third-order valence-corrected chi connectivity index (χ3v) is 3.25. The predicted octanol–water partition coefficient (Wildman–Crippen LogP) is 4.01. The van der Waals surface area contributed by atoms with Gasteiger partial charge in [-0.2, -0.15) is 13.2 Å². The summed E-state index contributed by atoms with van der Waals surface area (Å²) in [5, 5.41) is 0.703. The third kappa shape index (κ3) is 2.31. The molecule has 1 aromatic heterocycles.